The molecule has 0 unspecified atom stereocenters. The predicted molar refractivity (Wildman–Crippen MR) is 117 cm³/mol. The fraction of sp³-hybridized carbons (Fsp3) is 0.409. The van der Waals surface area contributed by atoms with Crippen LogP contribution in [0.4, 0.5) is 0 Å². The number of rotatable bonds is 9. The number of sulfonamides is 1. The lowest BCUT2D eigenvalue weighted by Gasteiger charge is -2.25. The average Bonchev–Trinajstić information content (AvgIpc) is 2.77. The molecule has 162 valence electrons. The zero-order chi connectivity index (χ0) is 21.4. The van der Waals surface area contributed by atoms with Gasteiger partial charge in [-0.25, -0.2) is 8.42 Å². The maximum atomic E-state index is 12.7. The van der Waals surface area contributed by atoms with Crippen LogP contribution in [0, 0.1) is 0 Å². The Kier molecular flexibility index (Phi) is 8.13. The summed E-state index contributed by atoms with van der Waals surface area (Å²) in [4.78, 5) is 12.3. The lowest BCUT2D eigenvalue weighted by atomic mass is 10.2. The van der Waals surface area contributed by atoms with Crippen molar-refractivity contribution in [2.45, 2.75) is 43.5 Å². The Morgan fingerprint density at radius 2 is 1.67 bits per heavy atom. The van der Waals surface area contributed by atoms with Crippen LogP contribution in [0.15, 0.2) is 53.4 Å². The van der Waals surface area contributed by atoms with E-state index in [1.807, 2.05) is 0 Å². The second-order valence-corrected chi connectivity index (χ2v) is 9.67. The lowest BCUT2D eigenvalue weighted by Crippen LogP contribution is -2.35. The zero-order valence-electron chi connectivity index (χ0n) is 16.8. The van der Waals surface area contributed by atoms with Crippen molar-refractivity contribution in [3.05, 3.63) is 59.1 Å². The number of benzene rings is 2. The van der Waals surface area contributed by atoms with Gasteiger partial charge < -0.3 is 10.1 Å². The SMILES string of the molecule is O=C(CCCOc1ccc(Cl)cc1)NCc1ccc(S(=O)(=O)N2CCCCC2)cc1. The van der Waals surface area contributed by atoms with Gasteiger partial charge in [0.25, 0.3) is 0 Å². The predicted octanol–water partition coefficient (Wildman–Crippen LogP) is 3.99. The number of piperidine rings is 1. The first-order chi connectivity index (χ1) is 14.4. The van der Waals surface area contributed by atoms with Gasteiger partial charge in [-0.05, 0) is 61.2 Å². The van der Waals surface area contributed by atoms with Crippen molar-refractivity contribution in [3.63, 3.8) is 0 Å². The minimum atomic E-state index is -3.43. The quantitative estimate of drug-likeness (QED) is 0.586. The minimum absolute atomic E-state index is 0.0697. The maximum absolute atomic E-state index is 12.7. The van der Waals surface area contributed by atoms with Crippen molar-refractivity contribution in [2.75, 3.05) is 19.7 Å². The second-order valence-electron chi connectivity index (χ2n) is 7.29. The highest BCUT2D eigenvalue weighted by atomic mass is 35.5. The third-order valence-corrected chi connectivity index (χ3v) is 7.16. The monoisotopic (exact) mass is 450 g/mol. The number of nitrogens with one attached hydrogen (secondary N) is 1. The van der Waals surface area contributed by atoms with E-state index in [1.54, 1.807) is 52.8 Å². The van der Waals surface area contributed by atoms with Crippen LogP contribution in [0.25, 0.3) is 0 Å². The summed E-state index contributed by atoms with van der Waals surface area (Å²) in [6.45, 7) is 1.97. The van der Waals surface area contributed by atoms with Gasteiger partial charge in [0.05, 0.1) is 11.5 Å². The second kappa shape index (κ2) is 10.8. The summed E-state index contributed by atoms with van der Waals surface area (Å²) >= 11 is 5.83. The third kappa shape index (κ3) is 6.45. The third-order valence-electron chi connectivity index (χ3n) is 5.00. The molecule has 30 heavy (non-hydrogen) atoms. The first kappa shape index (κ1) is 22.6. The van der Waals surface area contributed by atoms with Crippen molar-refractivity contribution < 1.29 is 17.9 Å². The van der Waals surface area contributed by atoms with Crippen molar-refractivity contribution in [1.29, 1.82) is 0 Å². The van der Waals surface area contributed by atoms with Crippen LogP contribution in [0.2, 0.25) is 5.02 Å². The number of hydrogen-bond acceptors (Lipinski definition) is 4. The number of amides is 1. The van der Waals surface area contributed by atoms with Crippen LogP contribution < -0.4 is 10.1 Å². The fourth-order valence-electron chi connectivity index (χ4n) is 3.28. The van der Waals surface area contributed by atoms with Gasteiger partial charge in [-0.2, -0.15) is 4.31 Å². The molecule has 1 heterocycles. The molecule has 2 aromatic rings. The van der Waals surface area contributed by atoms with E-state index in [0.717, 1.165) is 30.6 Å². The molecule has 1 fully saturated rings. The molecule has 0 atom stereocenters. The normalized spacial score (nSPS) is 15.0. The highest BCUT2D eigenvalue weighted by Gasteiger charge is 2.25. The molecule has 8 heteroatoms. The molecular weight excluding hydrogens is 424 g/mol. The highest BCUT2D eigenvalue weighted by molar-refractivity contribution is 7.89. The molecule has 6 nitrogen and oxygen atoms in total. The Morgan fingerprint density at radius 1 is 1.00 bits per heavy atom. The summed E-state index contributed by atoms with van der Waals surface area (Å²) in [6, 6.07) is 13.8. The molecule has 0 aliphatic carbocycles. The van der Waals surface area contributed by atoms with Crippen molar-refractivity contribution in [3.8, 4) is 5.75 Å². The van der Waals surface area contributed by atoms with E-state index in [0.29, 0.717) is 49.0 Å². The Hall–Kier alpha value is -2.09. The Morgan fingerprint density at radius 3 is 2.33 bits per heavy atom. The smallest absolute Gasteiger partial charge is 0.243 e. The summed E-state index contributed by atoms with van der Waals surface area (Å²) in [6.07, 6.45) is 3.86. The van der Waals surface area contributed by atoms with Crippen LogP contribution in [0.5, 0.6) is 5.75 Å². The number of ether oxygens (including phenoxy) is 1. The van der Waals surface area contributed by atoms with E-state index >= 15 is 0 Å². The molecule has 2 aromatic carbocycles. The fourth-order valence-corrected chi connectivity index (χ4v) is 4.92. The van der Waals surface area contributed by atoms with Crippen molar-refractivity contribution in [2.24, 2.45) is 0 Å². The molecule has 1 saturated heterocycles. The Bertz CT molecular complexity index is 925. The molecule has 0 bridgehead atoms. The number of hydrogen-bond donors (Lipinski definition) is 1. The summed E-state index contributed by atoms with van der Waals surface area (Å²) < 4.78 is 32.5. The van der Waals surface area contributed by atoms with E-state index in [1.165, 1.54) is 0 Å². The molecule has 1 amide bonds. The van der Waals surface area contributed by atoms with E-state index in [-0.39, 0.29) is 5.91 Å². The van der Waals surface area contributed by atoms with E-state index in [9.17, 15) is 13.2 Å². The lowest BCUT2D eigenvalue weighted by molar-refractivity contribution is -0.121. The van der Waals surface area contributed by atoms with Gasteiger partial charge in [-0.3, -0.25) is 4.79 Å². The van der Waals surface area contributed by atoms with Gasteiger partial charge in [0, 0.05) is 31.1 Å². The summed E-state index contributed by atoms with van der Waals surface area (Å²) in [5.74, 6) is 0.652. The zero-order valence-corrected chi connectivity index (χ0v) is 18.4. The minimum Gasteiger partial charge on any atom is -0.494 e. The van der Waals surface area contributed by atoms with Gasteiger partial charge in [0.15, 0.2) is 0 Å². The first-order valence-electron chi connectivity index (χ1n) is 10.2. The van der Waals surface area contributed by atoms with Gasteiger partial charge in [-0.1, -0.05) is 30.2 Å². The first-order valence-corrected chi connectivity index (χ1v) is 12.0. The average molecular weight is 451 g/mol. The summed E-state index contributed by atoms with van der Waals surface area (Å²) in [5, 5.41) is 3.51. The summed E-state index contributed by atoms with van der Waals surface area (Å²) in [7, 11) is -3.43. The van der Waals surface area contributed by atoms with Gasteiger partial charge in [-0.15, -0.1) is 0 Å². The van der Waals surface area contributed by atoms with Crippen LogP contribution in [0.1, 0.15) is 37.7 Å². The van der Waals surface area contributed by atoms with Gasteiger partial charge in [0.2, 0.25) is 15.9 Å². The Labute approximate surface area is 183 Å². The standard InChI is InChI=1S/C22H27ClN2O4S/c23-19-8-10-20(11-9-19)29-16-4-5-22(26)24-17-18-6-12-21(13-7-18)30(27,28)25-14-2-1-3-15-25/h6-13H,1-5,14-17H2,(H,24,26). The highest BCUT2D eigenvalue weighted by Crippen LogP contribution is 2.21. The topological polar surface area (TPSA) is 75.7 Å². The molecule has 0 saturated carbocycles. The van der Waals surface area contributed by atoms with Crippen molar-refractivity contribution >= 4 is 27.5 Å². The largest absolute Gasteiger partial charge is 0.494 e. The Balaban J connectivity index is 1.40. The molecule has 3 rings (SSSR count). The van der Waals surface area contributed by atoms with Gasteiger partial charge >= 0.3 is 0 Å². The van der Waals surface area contributed by atoms with E-state index in [2.05, 4.69) is 5.32 Å². The maximum Gasteiger partial charge on any atom is 0.243 e. The molecular formula is C22H27ClN2O4S. The molecule has 1 aliphatic heterocycles. The van der Waals surface area contributed by atoms with Crippen LogP contribution >= 0.6 is 11.6 Å². The van der Waals surface area contributed by atoms with Crippen LogP contribution in [-0.4, -0.2) is 38.3 Å². The van der Waals surface area contributed by atoms with Crippen LogP contribution in [0.3, 0.4) is 0 Å². The van der Waals surface area contributed by atoms with Gasteiger partial charge in [0.1, 0.15) is 5.75 Å². The molecule has 0 aromatic heterocycles. The van der Waals surface area contributed by atoms with Crippen LogP contribution in [-0.2, 0) is 21.4 Å². The number of nitrogens with zero attached hydrogens (tertiary/aromatic N) is 1. The number of carbonyl (C=O) groups excluding carboxylic acids is 1. The van der Waals surface area contributed by atoms with E-state index < -0.39 is 10.0 Å². The molecule has 1 N–H and O–H groups in total. The number of carbonyl (C=O) groups is 1. The molecule has 1 aliphatic rings. The van der Waals surface area contributed by atoms with E-state index in [4.69, 9.17) is 16.3 Å². The molecule has 0 spiro atoms. The van der Waals surface area contributed by atoms with Crippen molar-refractivity contribution in [1.82, 2.24) is 9.62 Å². The summed E-state index contributed by atoms with van der Waals surface area (Å²) in [5.41, 5.74) is 0.860. The molecule has 0 radical (unpaired) electrons. The number of halogens is 1.